The topological polar surface area (TPSA) is 38.3 Å². The number of hydrogen-bond acceptors (Lipinski definition) is 3. The number of aryl methyl sites for hydroxylation is 1. The predicted molar refractivity (Wildman–Crippen MR) is 57.5 cm³/mol. The van der Waals surface area contributed by atoms with Gasteiger partial charge in [-0.15, -0.1) is 13.2 Å². The van der Waals surface area contributed by atoms with Crippen molar-refractivity contribution in [2.45, 2.75) is 6.92 Å². The van der Waals surface area contributed by atoms with Crippen LogP contribution >= 0.6 is 0 Å². The van der Waals surface area contributed by atoms with Gasteiger partial charge < -0.3 is 4.84 Å². The fraction of sp³-hybridized carbons (Fsp3) is 0.182. The van der Waals surface area contributed by atoms with Gasteiger partial charge in [-0.2, -0.15) is 5.48 Å². The van der Waals surface area contributed by atoms with E-state index in [4.69, 9.17) is 4.84 Å². The van der Waals surface area contributed by atoms with Gasteiger partial charge in [-0.3, -0.25) is 4.79 Å². The molecular weight excluding hydrogens is 178 g/mol. The van der Waals surface area contributed by atoms with Crippen molar-refractivity contribution in [3.8, 4) is 5.75 Å². The first-order valence-electron chi connectivity index (χ1n) is 4.17. The van der Waals surface area contributed by atoms with Crippen molar-refractivity contribution in [3.05, 3.63) is 42.5 Å². The molecule has 0 aromatic heterocycles. The Labute approximate surface area is 84.4 Å². The van der Waals surface area contributed by atoms with Crippen LogP contribution in [0, 0.1) is 6.92 Å². The lowest BCUT2D eigenvalue weighted by atomic mass is 10.1. The molecule has 76 valence electrons. The minimum Gasteiger partial charge on any atom is -0.408 e. The molecule has 0 amide bonds. The van der Waals surface area contributed by atoms with E-state index in [2.05, 4.69) is 18.6 Å². The van der Waals surface area contributed by atoms with Gasteiger partial charge >= 0.3 is 0 Å². The molecule has 0 saturated heterocycles. The van der Waals surface area contributed by atoms with Crippen molar-refractivity contribution in [1.82, 2.24) is 5.48 Å². The van der Waals surface area contributed by atoms with Crippen LogP contribution in [-0.2, 0) is 0 Å². The summed E-state index contributed by atoms with van der Waals surface area (Å²) in [6.45, 7) is 7.94. The number of carbonyl (C=O) groups excluding carboxylic acids is 1. The smallest absolute Gasteiger partial charge is 0.157 e. The molecule has 0 bridgehead atoms. The Morgan fingerprint density at radius 3 is 2.57 bits per heavy atom. The summed E-state index contributed by atoms with van der Waals surface area (Å²) in [7, 11) is 1.65. The molecule has 0 unspecified atom stereocenters. The van der Waals surface area contributed by atoms with Crippen molar-refractivity contribution in [2.75, 3.05) is 7.05 Å². The monoisotopic (exact) mass is 193 g/mol. The van der Waals surface area contributed by atoms with E-state index in [0.29, 0.717) is 11.3 Å². The normalized spacial score (nSPS) is 8.43. The van der Waals surface area contributed by atoms with Crippen LogP contribution in [0.1, 0.15) is 15.9 Å². The van der Waals surface area contributed by atoms with Crippen LogP contribution < -0.4 is 10.3 Å². The van der Waals surface area contributed by atoms with E-state index in [1.165, 1.54) is 0 Å². The highest BCUT2D eigenvalue weighted by atomic mass is 16.6. The van der Waals surface area contributed by atoms with Crippen LogP contribution in [0.3, 0.4) is 0 Å². The maximum Gasteiger partial charge on any atom is 0.157 e. The van der Waals surface area contributed by atoms with Gasteiger partial charge in [0, 0.05) is 7.05 Å². The molecule has 0 aliphatic rings. The maximum atomic E-state index is 10.5. The highest BCUT2D eigenvalue weighted by Gasteiger charge is 2.01. The van der Waals surface area contributed by atoms with Crippen LogP contribution in [0.5, 0.6) is 5.75 Å². The second kappa shape index (κ2) is 6.86. The zero-order valence-electron chi connectivity index (χ0n) is 8.54. The van der Waals surface area contributed by atoms with E-state index < -0.39 is 0 Å². The van der Waals surface area contributed by atoms with Gasteiger partial charge in [0.15, 0.2) is 12.0 Å². The van der Waals surface area contributed by atoms with Gasteiger partial charge in [0.2, 0.25) is 0 Å². The van der Waals surface area contributed by atoms with Gasteiger partial charge in [-0.1, -0.05) is 6.07 Å². The van der Waals surface area contributed by atoms with Gasteiger partial charge in [0.1, 0.15) is 0 Å². The molecule has 3 heteroatoms. The number of rotatable bonds is 3. The lowest BCUT2D eigenvalue weighted by Gasteiger charge is -2.05. The zero-order valence-corrected chi connectivity index (χ0v) is 8.54. The summed E-state index contributed by atoms with van der Waals surface area (Å²) in [6.07, 6.45) is 0.770. The first kappa shape index (κ1) is 12.4. The SMILES string of the molecule is C=C.CNOc1cc(C)ccc1C=O. The molecule has 1 aromatic rings. The molecule has 0 heterocycles. The number of benzene rings is 1. The van der Waals surface area contributed by atoms with E-state index in [1.54, 1.807) is 19.2 Å². The van der Waals surface area contributed by atoms with E-state index >= 15 is 0 Å². The number of hydrogen-bond donors (Lipinski definition) is 1. The lowest BCUT2D eigenvalue weighted by molar-refractivity contribution is 0.111. The van der Waals surface area contributed by atoms with Crippen LogP contribution in [-0.4, -0.2) is 13.3 Å². The quantitative estimate of drug-likeness (QED) is 0.454. The molecule has 1 aromatic carbocycles. The summed E-state index contributed by atoms with van der Waals surface area (Å²) >= 11 is 0. The van der Waals surface area contributed by atoms with Gasteiger partial charge in [-0.25, -0.2) is 0 Å². The Balaban J connectivity index is 0.000000791. The second-order valence-corrected chi connectivity index (χ2v) is 2.47. The third-order valence-corrected chi connectivity index (χ3v) is 1.51. The minimum atomic E-state index is 0.551. The summed E-state index contributed by atoms with van der Waals surface area (Å²) in [4.78, 5) is 15.5. The van der Waals surface area contributed by atoms with E-state index in [9.17, 15) is 4.79 Å². The highest BCUT2D eigenvalue weighted by Crippen LogP contribution is 2.17. The molecule has 0 aliphatic heterocycles. The Hall–Kier alpha value is -1.61. The molecule has 1 rings (SSSR count). The van der Waals surface area contributed by atoms with Gasteiger partial charge in [0.25, 0.3) is 0 Å². The fourth-order valence-electron chi connectivity index (χ4n) is 0.937. The molecule has 0 fully saturated rings. The molecule has 14 heavy (non-hydrogen) atoms. The number of hydroxylamine groups is 1. The molecular formula is C11H15NO2. The van der Waals surface area contributed by atoms with Crippen LogP contribution in [0.25, 0.3) is 0 Å². The van der Waals surface area contributed by atoms with Gasteiger partial charge in [-0.05, 0) is 24.6 Å². The van der Waals surface area contributed by atoms with Crippen LogP contribution in [0.2, 0.25) is 0 Å². The Kier molecular flexibility index (Phi) is 6.07. The van der Waals surface area contributed by atoms with E-state index in [-0.39, 0.29) is 0 Å². The van der Waals surface area contributed by atoms with Crippen molar-refractivity contribution < 1.29 is 9.63 Å². The third kappa shape index (κ3) is 3.41. The second-order valence-electron chi connectivity index (χ2n) is 2.47. The van der Waals surface area contributed by atoms with Crippen LogP contribution in [0.4, 0.5) is 0 Å². The highest BCUT2D eigenvalue weighted by molar-refractivity contribution is 5.79. The largest absolute Gasteiger partial charge is 0.408 e. The molecule has 0 spiro atoms. The lowest BCUT2D eigenvalue weighted by Crippen LogP contribution is -2.12. The van der Waals surface area contributed by atoms with Crippen molar-refractivity contribution >= 4 is 6.29 Å². The maximum absolute atomic E-state index is 10.5. The number of carbonyl (C=O) groups is 1. The molecule has 1 N–H and O–H groups in total. The van der Waals surface area contributed by atoms with Crippen molar-refractivity contribution in [2.24, 2.45) is 0 Å². The minimum absolute atomic E-state index is 0.551. The third-order valence-electron chi connectivity index (χ3n) is 1.51. The van der Waals surface area contributed by atoms with Crippen molar-refractivity contribution in [1.29, 1.82) is 0 Å². The van der Waals surface area contributed by atoms with E-state index in [1.807, 2.05) is 13.0 Å². The molecule has 0 aliphatic carbocycles. The summed E-state index contributed by atoms with van der Waals surface area (Å²) in [5.41, 5.74) is 4.14. The average molecular weight is 193 g/mol. The predicted octanol–water partition coefficient (Wildman–Crippen LogP) is 2.12. The summed E-state index contributed by atoms with van der Waals surface area (Å²) in [6, 6.07) is 5.40. The summed E-state index contributed by atoms with van der Waals surface area (Å²) < 4.78 is 0. The Morgan fingerprint density at radius 2 is 2.07 bits per heavy atom. The molecule has 0 saturated carbocycles. The summed E-state index contributed by atoms with van der Waals surface area (Å²) in [5.74, 6) is 0.563. The van der Waals surface area contributed by atoms with E-state index in [0.717, 1.165) is 11.8 Å². The van der Waals surface area contributed by atoms with Crippen LogP contribution in [0.15, 0.2) is 31.4 Å². The molecule has 3 nitrogen and oxygen atoms in total. The molecule has 0 radical (unpaired) electrons. The standard InChI is InChI=1S/C9H11NO2.C2H4/c1-7-3-4-8(6-11)9(5-7)12-10-2;1-2/h3-6,10H,1-2H3;1-2H2. The zero-order chi connectivity index (χ0) is 11.0. The molecule has 0 atom stereocenters. The number of nitrogens with one attached hydrogen (secondary N) is 1. The first-order valence-corrected chi connectivity index (χ1v) is 4.17. The Morgan fingerprint density at radius 1 is 1.43 bits per heavy atom. The van der Waals surface area contributed by atoms with Crippen molar-refractivity contribution in [3.63, 3.8) is 0 Å². The number of aldehydes is 1. The average Bonchev–Trinajstić information content (AvgIpc) is 2.22. The van der Waals surface area contributed by atoms with Gasteiger partial charge in [0.05, 0.1) is 5.56 Å². The summed E-state index contributed by atoms with van der Waals surface area (Å²) in [5, 5.41) is 0. The Bertz CT molecular complexity index is 297. The first-order chi connectivity index (χ1) is 6.77. The fourth-order valence-corrected chi connectivity index (χ4v) is 0.937.